The van der Waals surface area contributed by atoms with Gasteiger partial charge >= 0.3 is 69.2 Å². The molecule has 0 radical (unpaired) electrons. The van der Waals surface area contributed by atoms with Gasteiger partial charge in [-0.1, -0.05) is 0 Å². The van der Waals surface area contributed by atoms with Crippen LogP contribution in [-0.4, -0.2) is 89.2 Å². The van der Waals surface area contributed by atoms with E-state index in [9.17, 15) is 8.42 Å². The van der Waals surface area contributed by atoms with Gasteiger partial charge in [0.1, 0.15) is 0 Å². The monoisotopic (exact) mass is 238 g/mol. The molecule has 70 valence electrons. The molecule has 0 amide bonds. The first-order chi connectivity index (χ1) is 5.54. The van der Waals surface area contributed by atoms with Gasteiger partial charge in [0.25, 0.3) is 5.16 Å². The second-order valence-corrected chi connectivity index (χ2v) is 3.17. The van der Waals surface area contributed by atoms with E-state index < -0.39 is 15.3 Å². The molecule has 0 aliphatic carbocycles. The number of ether oxygens (including phenoxy) is 1. The molecule has 1 aromatic heterocycles. The van der Waals surface area contributed by atoms with E-state index in [0.717, 1.165) is 0 Å². The van der Waals surface area contributed by atoms with Crippen molar-refractivity contribution >= 4 is 69.2 Å². The number of nitrogens with zero attached hydrogens (tertiary/aromatic N) is 2. The maximum absolute atomic E-state index is 10.5. The van der Waals surface area contributed by atoms with Gasteiger partial charge in [0.05, 0.1) is 7.11 Å². The summed E-state index contributed by atoms with van der Waals surface area (Å²) in [4.78, 5) is 6.72. The number of methoxy groups -OCH3 is 1. The molecule has 9 heteroatoms. The van der Waals surface area contributed by atoms with Gasteiger partial charge in [-0.05, 0) is 0 Å². The molecule has 0 unspecified atom stereocenters. The van der Waals surface area contributed by atoms with Gasteiger partial charge in [-0.2, -0.15) is 13.4 Å². The van der Waals surface area contributed by atoms with Gasteiger partial charge in [0.15, 0.2) is 0 Å². The zero-order valence-electron chi connectivity index (χ0n) is 6.13. The quantitative estimate of drug-likeness (QED) is 0.380. The fraction of sp³-hybridized carbons (Fsp3) is 0.200. The molecule has 1 heterocycles. The second kappa shape index (κ2) is 7.13. The Kier molecular flexibility index (Phi) is 8.75. The van der Waals surface area contributed by atoms with E-state index in [-0.39, 0.29) is 65.0 Å². The Morgan fingerprint density at radius 1 is 1.43 bits per heavy atom. The van der Waals surface area contributed by atoms with Gasteiger partial charge in [-0.15, -0.1) is 0 Å². The summed E-state index contributed by atoms with van der Waals surface area (Å²) in [6.07, 6.45) is 1.18. The Labute approximate surface area is 126 Å². The number of hydrogen-bond donors (Lipinski definition) is 1. The molecule has 0 atom stereocenters. The molecule has 0 aliphatic rings. The standard InChI is InChI=1S/C5H6N2O4S.2Na.2H/c1-11-4-2-3-6-5(7-4)12(8,9)10;;;;/h2-3H,1H3,(H,8,9,10);;;;. The molecule has 0 spiro atoms. The van der Waals surface area contributed by atoms with Gasteiger partial charge in [-0.3, -0.25) is 4.55 Å². The summed E-state index contributed by atoms with van der Waals surface area (Å²) in [5, 5.41) is -0.665. The van der Waals surface area contributed by atoms with Crippen molar-refractivity contribution in [3.63, 3.8) is 0 Å². The third-order valence-electron chi connectivity index (χ3n) is 1.05. The van der Waals surface area contributed by atoms with Gasteiger partial charge in [0, 0.05) is 12.3 Å². The van der Waals surface area contributed by atoms with Crippen LogP contribution in [0.2, 0.25) is 0 Å². The minimum absolute atomic E-state index is 0. The van der Waals surface area contributed by atoms with Crippen LogP contribution >= 0.6 is 0 Å². The van der Waals surface area contributed by atoms with E-state index in [4.69, 9.17) is 4.55 Å². The molecule has 0 bridgehead atoms. The van der Waals surface area contributed by atoms with Crippen LogP contribution in [0.25, 0.3) is 0 Å². The first-order valence-corrected chi connectivity index (χ1v) is 4.32. The van der Waals surface area contributed by atoms with Crippen molar-refractivity contribution in [3.05, 3.63) is 12.3 Å². The van der Waals surface area contributed by atoms with Crippen molar-refractivity contribution in [1.29, 1.82) is 0 Å². The van der Waals surface area contributed by atoms with Crippen LogP contribution in [0, 0.1) is 0 Å². The zero-order valence-corrected chi connectivity index (χ0v) is 6.95. The van der Waals surface area contributed by atoms with E-state index in [0.29, 0.717) is 0 Å². The summed E-state index contributed by atoms with van der Waals surface area (Å²) < 4.78 is 34.1. The topological polar surface area (TPSA) is 89.4 Å². The fourth-order valence-electron chi connectivity index (χ4n) is 0.563. The van der Waals surface area contributed by atoms with Crippen LogP contribution < -0.4 is 4.74 Å². The molecule has 0 saturated heterocycles. The molecule has 1 rings (SSSR count). The Morgan fingerprint density at radius 3 is 2.43 bits per heavy atom. The van der Waals surface area contributed by atoms with Crippen LogP contribution in [0.1, 0.15) is 0 Å². The molecular weight excluding hydrogens is 230 g/mol. The van der Waals surface area contributed by atoms with Crippen LogP contribution in [0.4, 0.5) is 0 Å². The van der Waals surface area contributed by atoms with Crippen LogP contribution in [0.3, 0.4) is 0 Å². The molecule has 0 aliphatic heterocycles. The molecule has 1 N–H and O–H groups in total. The summed E-state index contributed by atoms with van der Waals surface area (Å²) in [6, 6.07) is 1.37. The normalized spacial score (nSPS) is 9.57. The first-order valence-electron chi connectivity index (χ1n) is 2.88. The zero-order chi connectivity index (χ0) is 9.19. The van der Waals surface area contributed by atoms with Crippen molar-refractivity contribution in [2.45, 2.75) is 5.16 Å². The van der Waals surface area contributed by atoms with Crippen LogP contribution in [0.15, 0.2) is 17.4 Å². The summed E-state index contributed by atoms with van der Waals surface area (Å²) in [6.45, 7) is 0. The molecule has 6 nitrogen and oxygen atoms in total. The number of aromatic nitrogens is 2. The van der Waals surface area contributed by atoms with Crippen molar-refractivity contribution in [3.8, 4) is 5.88 Å². The Hall–Kier alpha value is 0.790. The average Bonchev–Trinajstić information content (AvgIpc) is 2.03. The third-order valence-corrected chi connectivity index (χ3v) is 1.71. The molecule has 0 fully saturated rings. The third kappa shape index (κ3) is 5.04. The number of hydrogen-bond acceptors (Lipinski definition) is 5. The van der Waals surface area contributed by atoms with Crippen molar-refractivity contribution in [2.75, 3.05) is 7.11 Å². The molecule has 0 saturated carbocycles. The summed E-state index contributed by atoms with van der Waals surface area (Å²) >= 11 is 0. The summed E-state index contributed by atoms with van der Waals surface area (Å²) in [5.74, 6) is 0.0811. The summed E-state index contributed by atoms with van der Waals surface area (Å²) in [7, 11) is -3.01. The Bertz CT molecular complexity index is 383. The van der Waals surface area contributed by atoms with Gasteiger partial charge in [-0.25, -0.2) is 4.98 Å². The van der Waals surface area contributed by atoms with Crippen molar-refractivity contribution in [1.82, 2.24) is 9.97 Å². The molecule has 1 aromatic rings. The second-order valence-electron chi connectivity index (χ2n) is 1.86. The predicted molar refractivity (Wildman–Crippen MR) is 52.7 cm³/mol. The van der Waals surface area contributed by atoms with Crippen molar-refractivity contribution < 1.29 is 17.7 Å². The van der Waals surface area contributed by atoms with Crippen molar-refractivity contribution in [2.24, 2.45) is 0 Å². The Balaban J connectivity index is 0. The van der Waals surface area contributed by atoms with E-state index in [1.54, 1.807) is 0 Å². The minimum atomic E-state index is -4.34. The number of rotatable bonds is 2. The molecular formula is C5H8N2Na2O4S. The predicted octanol–water partition coefficient (Wildman–Crippen LogP) is -1.57. The van der Waals surface area contributed by atoms with E-state index in [1.807, 2.05) is 0 Å². The molecule has 0 aromatic carbocycles. The Morgan fingerprint density at radius 2 is 2.00 bits per heavy atom. The molecule has 14 heavy (non-hydrogen) atoms. The van der Waals surface area contributed by atoms with E-state index in [2.05, 4.69) is 14.7 Å². The van der Waals surface area contributed by atoms with Gasteiger partial charge in [0.2, 0.25) is 5.88 Å². The van der Waals surface area contributed by atoms with E-state index in [1.165, 1.54) is 19.4 Å². The van der Waals surface area contributed by atoms with Crippen LogP contribution in [-0.2, 0) is 10.1 Å². The summed E-state index contributed by atoms with van der Waals surface area (Å²) in [5.41, 5.74) is 0. The van der Waals surface area contributed by atoms with Crippen LogP contribution in [0.5, 0.6) is 5.88 Å². The SMILES string of the molecule is COc1ccnc(S(=O)(=O)O)n1.[NaH].[NaH]. The first kappa shape index (κ1) is 17.2. The van der Waals surface area contributed by atoms with E-state index >= 15 is 0 Å². The van der Waals surface area contributed by atoms with Gasteiger partial charge < -0.3 is 4.74 Å². The average molecular weight is 238 g/mol. The maximum atomic E-state index is 10.5. The fourth-order valence-corrected chi connectivity index (χ4v) is 0.963.